The van der Waals surface area contributed by atoms with E-state index < -0.39 is 5.41 Å². The number of benzene rings is 9. The molecule has 0 saturated carbocycles. The lowest BCUT2D eigenvalue weighted by Crippen LogP contribution is -2.38. The first-order valence-electron chi connectivity index (χ1n) is 22.2. The zero-order valence-corrected chi connectivity index (χ0v) is 34.9. The van der Waals surface area contributed by atoms with Crippen molar-refractivity contribution >= 4 is 17.1 Å². The Labute approximate surface area is 373 Å². The van der Waals surface area contributed by atoms with E-state index in [1.165, 1.54) is 55.6 Å². The fourth-order valence-corrected chi connectivity index (χ4v) is 11.2. The molecule has 9 aromatic rings. The van der Waals surface area contributed by atoms with E-state index in [2.05, 4.69) is 242 Å². The van der Waals surface area contributed by atoms with Crippen LogP contribution >= 0.6 is 0 Å². The maximum Gasteiger partial charge on any atom is 0.171 e. The number of ether oxygens (including phenoxy) is 2. The maximum absolute atomic E-state index is 7.36. The summed E-state index contributed by atoms with van der Waals surface area (Å²) in [4.78, 5) is 2.33. The van der Waals surface area contributed by atoms with Crippen molar-refractivity contribution in [2.24, 2.45) is 5.92 Å². The van der Waals surface area contributed by atoms with Gasteiger partial charge in [-0.05, 0) is 109 Å². The minimum Gasteiger partial charge on any atom is -0.453 e. The van der Waals surface area contributed by atoms with Gasteiger partial charge in [0.05, 0.1) is 11.1 Å². The van der Waals surface area contributed by atoms with Crippen LogP contribution in [0.15, 0.2) is 248 Å². The minimum atomic E-state index is -0.455. The van der Waals surface area contributed by atoms with Crippen LogP contribution in [0.25, 0.3) is 44.5 Å². The molecule has 0 amide bonds. The van der Waals surface area contributed by atoms with Gasteiger partial charge < -0.3 is 14.4 Å². The van der Waals surface area contributed by atoms with E-state index in [1.807, 2.05) is 0 Å². The average molecular weight is 820 g/mol. The van der Waals surface area contributed by atoms with Crippen LogP contribution in [0, 0.1) is 5.92 Å². The summed E-state index contributed by atoms with van der Waals surface area (Å²) >= 11 is 0. The van der Waals surface area contributed by atoms with Gasteiger partial charge in [0.25, 0.3) is 0 Å². The lowest BCUT2D eigenvalue weighted by Gasteiger charge is -2.40. The summed E-state index contributed by atoms with van der Waals surface area (Å²) in [6, 6.07) is 80.9. The predicted octanol–water partition coefficient (Wildman–Crippen LogP) is 15.4. The maximum atomic E-state index is 7.36. The third-order valence-corrected chi connectivity index (χ3v) is 13.8. The smallest absolute Gasteiger partial charge is 0.171 e. The van der Waals surface area contributed by atoms with Gasteiger partial charge in [-0.25, -0.2) is 0 Å². The summed E-state index contributed by atoms with van der Waals surface area (Å²) in [5.41, 5.74) is 17.5. The first-order chi connectivity index (χ1) is 31.7. The molecule has 0 aromatic heterocycles. The number of rotatable bonds is 6. The van der Waals surface area contributed by atoms with Crippen LogP contribution in [0.3, 0.4) is 0 Å². The predicted molar refractivity (Wildman–Crippen MR) is 259 cm³/mol. The lowest BCUT2D eigenvalue weighted by atomic mass is 9.64. The molecular weight excluding hydrogens is 779 g/mol. The highest BCUT2D eigenvalue weighted by molar-refractivity contribution is 5.88. The monoisotopic (exact) mass is 819 g/mol. The van der Waals surface area contributed by atoms with Crippen molar-refractivity contribution in [2.75, 3.05) is 4.90 Å². The molecule has 9 aromatic carbocycles. The Hall–Kier alpha value is -8.14. The van der Waals surface area contributed by atoms with Gasteiger partial charge in [0.2, 0.25) is 0 Å². The van der Waals surface area contributed by atoms with Crippen molar-refractivity contribution in [3.05, 3.63) is 270 Å². The number of hydrogen-bond acceptors (Lipinski definition) is 3. The van der Waals surface area contributed by atoms with Crippen LogP contribution in [0.5, 0.6) is 11.5 Å². The van der Waals surface area contributed by atoms with E-state index in [1.54, 1.807) is 0 Å². The van der Waals surface area contributed by atoms with Crippen LogP contribution in [0.4, 0.5) is 17.1 Å². The van der Waals surface area contributed by atoms with Crippen LogP contribution in [0.1, 0.15) is 28.2 Å². The molecule has 0 N–H and O–H groups in total. The second kappa shape index (κ2) is 14.5. The van der Waals surface area contributed by atoms with Gasteiger partial charge >= 0.3 is 0 Å². The molecule has 0 saturated heterocycles. The van der Waals surface area contributed by atoms with Crippen molar-refractivity contribution in [2.45, 2.75) is 11.3 Å². The molecule has 0 bridgehead atoms. The van der Waals surface area contributed by atoms with Gasteiger partial charge in [-0.1, -0.05) is 188 Å². The van der Waals surface area contributed by atoms with Gasteiger partial charge in [-0.2, -0.15) is 0 Å². The molecule has 64 heavy (non-hydrogen) atoms. The Morgan fingerprint density at radius 1 is 0.375 bits per heavy atom. The molecular formula is C61H41NO2. The number of fused-ring (bicyclic) bond motifs is 12. The Morgan fingerprint density at radius 2 is 0.922 bits per heavy atom. The normalized spacial score (nSPS) is 16.7. The molecule has 1 spiro atoms. The molecule has 3 aliphatic carbocycles. The Kier molecular flexibility index (Phi) is 8.26. The van der Waals surface area contributed by atoms with Gasteiger partial charge in [-0.3, -0.25) is 0 Å². The molecule has 3 heteroatoms. The van der Waals surface area contributed by atoms with Crippen LogP contribution < -0.4 is 14.4 Å². The van der Waals surface area contributed by atoms with E-state index in [0.717, 1.165) is 39.7 Å². The fraction of sp³-hybridized carbons (Fsp3) is 0.0492. The van der Waals surface area contributed by atoms with Crippen molar-refractivity contribution in [1.29, 1.82) is 0 Å². The number of nitrogens with zero attached hydrogens (tertiary/aromatic N) is 1. The molecule has 2 unspecified atom stereocenters. The molecule has 0 radical (unpaired) electrons. The van der Waals surface area contributed by atoms with Gasteiger partial charge in [0.1, 0.15) is 0 Å². The standard InChI is InChI=1S/C61H41NO2/c1-3-16-40(17-4-1)43-20-15-21-45(38-43)62(44-32-30-42(31-33-44)48-23-8-7-22-47(48)41-18-5-2-6-19-41)46-34-36-56-58(39-46)64-60-57(63-56)37-35-52-51-26-11-14-29-55(51)61(59(52)60)53-27-12-9-24-49(53)50-25-10-13-28-54(50)61/h1-39,52,59H. The highest BCUT2D eigenvalue weighted by Crippen LogP contribution is 2.67. The van der Waals surface area contributed by atoms with E-state index in [0.29, 0.717) is 11.5 Å². The van der Waals surface area contributed by atoms with E-state index in [4.69, 9.17) is 9.47 Å². The quantitative estimate of drug-likeness (QED) is 0.167. The SMILES string of the molecule is C1=CC2c3ccccc3C3(c4ccccc4-c4ccccc43)C2C2=C1Oc1ccc(N(c3ccc(-c4ccccc4-c4ccccc4)cc3)c3cccc(-c4ccccc4)c3)cc1O2. The third-order valence-electron chi connectivity index (χ3n) is 13.8. The van der Waals surface area contributed by atoms with Crippen molar-refractivity contribution in [1.82, 2.24) is 0 Å². The molecule has 0 fully saturated rings. The van der Waals surface area contributed by atoms with Crippen molar-refractivity contribution in [3.8, 4) is 56.0 Å². The second-order valence-electron chi connectivity index (χ2n) is 17.1. The first kappa shape index (κ1) is 36.5. The minimum absolute atomic E-state index is 0.0588. The highest BCUT2D eigenvalue weighted by Gasteiger charge is 2.61. The molecule has 4 aliphatic rings. The van der Waals surface area contributed by atoms with Gasteiger partial charge in [0.15, 0.2) is 23.0 Å². The largest absolute Gasteiger partial charge is 0.453 e. The molecule has 2 atom stereocenters. The Balaban J connectivity index is 0.934. The number of hydrogen-bond donors (Lipinski definition) is 0. The molecule has 1 aliphatic heterocycles. The summed E-state index contributed by atoms with van der Waals surface area (Å²) in [6.45, 7) is 0. The third kappa shape index (κ3) is 5.47. The first-order valence-corrected chi connectivity index (χ1v) is 22.2. The molecule has 3 nitrogen and oxygen atoms in total. The number of anilines is 3. The van der Waals surface area contributed by atoms with E-state index in [-0.39, 0.29) is 11.8 Å². The summed E-state index contributed by atoms with van der Waals surface area (Å²) in [6.07, 6.45) is 4.47. The van der Waals surface area contributed by atoms with Crippen LogP contribution in [-0.2, 0) is 5.41 Å². The number of allylic oxidation sites excluding steroid dienone is 3. The Morgan fingerprint density at radius 3 is 1.62 bits per heavy atom. The van der Waals surface area contributed by atoms with Crippen LogP contribution in [-0.4, -0.2) is 0 Å². The van der Waals surface area contributed by atoms with Gasteiger partial charge in [0, 0.05) is 29.3 Å². The topological polar surface area (TPSA) is 21.7 Å². The summed E-state index contributed by atoms with van der Waals surface area (Å²) in [5, 5.41) is 0. The van der Waals surface area contributed by atoms with Crippen LogP contribution in [0.2, 0.25) is 0 Å². The average Bonchev–Trinajstić information content (AvgIpc) is 3.84. The van der Waals surface area contributed by atoms with Crippen molar-refractivity contribution in [3.63, 3.8) is 0 Å². The second-order valence-corrected chi connectivity index (χ2v) is 17.1. The highest BCUT2D eigenvalue weighted by atomic mass is 16.6. The summed E-state index contributed by atoms with van der Waals surface area (Å²) < 4.78 is 14.3. The zero-order valence-electron chi connectivity index (χ0n) is 34.9. The summed E-state index contributed by atoms with van der Waals surface area (Å²) in [5.74, 6) is 3.09. The van der Waals surface area contributed by atoms with Crippen molar-refractivity contribution < 1.29 is 9.47 Å². The lowest BCUT2D eigenvalue weighted by molar-refractivity contribution is 0.228. The van der Waals surface area contributed by atoms with E-state index >= 15 is 0 Å². The zero-order chi connectivity index (χ0) is 42.2. The van der Waals surface area contributed by atoms with Gasteiger partial charge in [-0.15, -0.1) is 0 Å². The molecule has 1 heterocycles. The fourth-order valence-electron chi connectivity index (χ4n) is 11.2. The summed E-state index contributed by atoms with van der Waals surface area (Å²) in [7, 11) is 0. The van der Waals surface area contributed by atoms with E-state index in [9.17, 15) is 0 Å². The molecule has 302 valence electrons. The Bertz CT molecular complexity index is 3300. The molecule has 13 rings (SSSR count).